The molecule has 0 spiro atoms. The molecular formula is C17H23NO4. The standard InChI is InChI=1S/C17H23NO4/c19-17(18-7-11-20-12-8-18)4-2-9-21-15-5-6-16-14(13-15)3-1-10-22-16/h5-6,13H,1-4,7-12H2. The molecule has 0 unspecified atom stereocenters. The van der Waals surface area contributed by atoms with Gasteiger partial charge in [0.1, 0.15) is 11.5 Å². The number of ether oxygens (including phenoxy) is 3. The first-order valence-corrected chi connectivity index (χ1v) is 8.07. The lowest BCUT2D eigenvalue weighted by atomic mass is 10.1. The predicted octanol–water partition coefficient (Wildman–Crippen LogP) is 2.03. The number of carbonyl (C=O) groups is 1. The minimum Gasteiger partial charge on any atom is -0.494 e. The topological polar surface area (TPSA) is 48.0 Å². The van der Waals surface area contributed by atoms with E-state index in [2.05, 4.69) is 6.07 Å². The molecule has 0 bridgehead atoms. The normalized spacial score (nSPS) is 17.5. The maximum atomic E-state index is 12.0. The van der Waals surface area contributed by atoms with Gasteiger partial charge in [0.05, 0.1) is 26.4 Å². The molecular weight excluding hydrogens is 282 g/mol. The SMILES string of the molecule is O=C(CCCOc1ccc2c(c1)CCCO2)N1CCOCC1. The van der Waals surface area contributed by atoms with Crippen LogP contribution < -0.4 is 9.47 Å². The van der Waals surface area contributed by atoms with Crippen LogP contribution in [-0.4, -0.2) is 50.3 Å². The largest absolute Gasteiger partial charge is 0.494 e. The summed E-state index contributed by atoms with van der Waals surface area (Å²) in [5, 5.41) is 0. The van der Waals surface area contributed by atoms with E-state index in [1.807, 2.05) is 17.0 Å². The van der Waals surface area contributed by atoms with Gasteiger partial charge in [0.15, 0.2) is 0 Å². The molecule has 3 rings (SSSR count). The van der Waals surface area contributed by atoms with Crippen molar-refractivity contribution in [2.24, 2.45) is 0 Å². The van der Waals surface area contributed by atoms with E-state index in [1.54, 1.807) is 0 Å². The van der Waals surface area contributed by atoms with Gasteiger partial charge in [-0.3, -0.25) is 4.79 Å². The maximum absolute atomic E-state index is 12.0. The van der Waals surface area contributed by atoms with Crippen molar-refractivity contribution in [1.82, 2.24) is 4.90 Å². The van der Waals surface area contributed by atoms with E-state index in [1.165, 1.54) is 5.56 Å². The second-order valence-electron chi connectivity index (χ2n) is 5.67. The zero-order valence-electron chi connectivity index (χ0n) is 12.9. The monoisotopic (exact) mass is 305 g/mol. The summed E-state index contributed by atoms with van der Waals surface area (Å²) in [6.07, 6.45) is 3.38. The fraction of sp³-hybridized carbons (Fsp3) is 0.588. The Morgan fingerprint density at radius 1 is 1.23 bits per heavy atom. The van der Waals surface area contributed by atoms with Crippen LogP contribution in [0.2, 0.25) is 0 Å². The second-order valence-corrected chi connectivity index (χ2v) is 5.67. The van der Waals surface area contributed by atoms with Gasteiger partial charge in [-0.25, -0.2) is 0 Å². The van der Waals surface area contributed by atoms with Crippen LogP contribution in [0.3, 0.4) is 0 Å². The number of rotatable bonds is 5. The highest BCUT2D eigenvalue weighted by atomic mass is 16.5. The van der Waals surface area contributed by atoms with Crippen molar-refractivity contribution in [3.63, 3.8) is 0 Å². The Morgan fingerprint density at radius 2 is 2.09 bits per heavy atom. The molecule has 0 N–H and O–H groups in total. The summed E-state index contributed by atoms with van der Waals surface area (Å²) in [6, 6.07) is 5.97. The molecule has 2 heterocycles. The fourth-order valence-electron chi connectivity index (χ4n) is 2.81. The van der Waals surface area contributed by atoms with Crippen molar-refractivity contribution in [3.8, 4) is 11.5 Å². The van der Waals surface area contributed by atoms with E-state index in [0.717, 1.165) is 37.4 Å². The van der Waals surface area contributed by atoms with Crippen LogP contribution in [0.5, 0.6) is 11.5 Å². The number of nitrogens with zero attached hydrogens (tertiary/aromatic N) is 1. The Bertz CT molecular complexity index is 511. The molecule has 2 aliphatic rings. The molecule has 5 heteroatoms. The number of fused-ring (bicyclic) bond motifs is 1. The molecule has 0 aromatic heterocycles. The van der Waals surface area contributed by atoms with Crippen LogP contribution in [0.25, 0.3) is 0 Å². The quantitative estimate of drug-likeness (QED) is 0.781. The highest BCUT2D eigenvalue weighted by Gasteiger charge is 2.16. The Morgan fingerprint density at radius 3 is 2.95 bits per heavy atom. The molecule has 0 radical (unpaired) electrons. The lowest BCUT2D eigenvalue weighted by Crippen LogP contribution is -2.40. The van der Waals surface area contributed by atoms with Crippen molar-refractivity contribution in [2.45, 2.75) is 25.7 Å². The van der Waals surface area contributed by atoms with Gasteiger partial charge in [-0.1, -0.05) is 0 Å². The van der Waals surface area contributed by atoms with Crippen LogP contribution in [0.1, 0.15) is 24.8 Å². The van der Waals surface area contributed by atoms with E-state index >= 15 is 0 Å². The Labute approximate surface area is 131 Å². The molecule has 1 aromatic carbocycles. The molecule has 22 heavy (non-hydrogen) atoms. The van der Waals surface area contributed by atoms with E-state index in [-0.39, 0.29) is 5.91 Å². The summed E-state index contributed by atoms with van der Waals surface area (Å²) in [6.45, 7) is 4.10. The van der Waals surface area contributed by atoms with Gasteiger partial charge >= 0.3 is 0 Å². The summed E-state index contributed by atoms with van der Waals surface area (Å²) < 4.78 is 16.6. The molecule has 120 valence electrons. The third-order valence-corrected chi connectivity index (χ3v) is 4.05. The van der Waals surface area contributed by atoms with Crippen LogP contribution in [0.15, 0.2) is 18.2 Å². The number of amides is 1. The van der Waals surface area contributed by atoms with Crippen molar-refractivity contribution >= 4 is 5.91 Å². The fourth-order valence-corrected chi connectivity index (χ4v) is 2.81. The average molecular weight is 305 g/mol. The Hall–Kier alpha value is -1.75. The van der Waals surface area contributed by atoms with Gasteiger partial charge in [0.2, 0.25) is 5.91 Å². The van der Waals surface area contributed by atoms with Crippen molar-refractivity contribution in [2.75, 3.05) is 39.5 Å². The molecule has 1 saturated heterocycles. The number of hydrogen-bond acceptors (Lipinski definition) is 4. The molecule has 1 aromatic rings. The highest BCUT2D eigenvalue weighted by molar-refractivity contribution is 5.76. The minimum atomic E-state index is 0.200. The minimum absolute atomic E-state index is 0.200. The van der Waals surface area contributed by atoms with Gasteiger partial charge < -0.3 is 19.1 Å². The summed E-state index contributed by atoms with van der Waals surface area (Å²) in [5.41, 5.74) is 1.22. The van der Waals surface area contributed by atoms with Gasteiger partial charge in [-0.2, -0.15) is 0 Å². The summed E-state index contributed by atoms with van der Waals surface area (Å²) in [4.78, 5) is 13.9. The Kier molecular flexibility index (Phi) is 5.16. The first kappa shape index (κ1) is 15.2. The smallest absolute Gasteiger partial charge is 0.222 e. The average Bonchev–Trinajstić information content (AvgIpc) is 2.59. The number of aryl methyl sites for hydroxylation is 1. The highest BCUT2D eigenvalue weighted by Crippen LogP contribution is 2.28. The zero-order chi connectivity index (χ0) is 15.2. The Balaban J connectivity index is 1.40. The molecule has 1 fully saturated rings. The van der Waals surface area contributed by atoms with E-state index in [9.17, 15) is 4.79 Å². The third kappa shape index (κ3) is 3.91. The summed E-state index contributed by atoms with van der Waals surface area (Å²) in [5.74, 6) is 2.04. The van der Waals surface area contributed by atoms with Crippen LogP contribution >= 0.6 is 0 Å². The zero-order valence-corrected chi connectivity index (χ0v) is 12.9. The van der Waals surface area contributed by atoms with E-state index in [4.69, 9.17) is 14.2 Å². The second kappa shape index (κ2) is 7.49. The van der Waals surface area contributed by atoms with Crippen LogP contribution in [0, 0.1) is 0 Å². The van der Waals surface area contributed by atoms with E-state index < -0.39 is 0 Å². The van der Waals surface area contributed by atoms with Crippen molar-refractivity contribution in [1.29, 1.82) is 0 Å². The number of carbonyl (C=O) groups excluding carboxylic acids is 1. The van der Waals surface area contributed by atoms with Gasteiger partial charge in [-0.15, -0.1) is 0 Å². The lowest BCUT2D eigenvalue weighted by molar-refractivity contribution is -0.135. The van der Waals surface area contributed by atoms with Gasteiger partial charge in [0.25, 0.3) is 0 Å². The molecule has 0 saturated carbocycles. The lowest BCUT2D eigenvalue weighted by Gasteiger charge is -2.26. The van der Waals surface area contributed by atoms with E-state index in [0.29, 0.717) is 39.3 Å². The summed E-state index contributed by atoms with van der Waals surface area (Å²) >= 11 is 0. The summed E-state index contributed by atoms with van der Waals surface area (Å²) in [7, 11) is 0. The van der Waals surface area contributed by atoms with Crippen molar-refractivity contribution in [3.05, 3.63) is 23.8 Å². The van der Waals surface area contributed by atoms with Gasteiger partial charge in [-0.05, 0) is 43.0 Å². The molecule has 5 nitrogen and oxygen atoms in total. The van der Waals surface area contributed by atoms with Gasteiger partial charge in [0, 0.05) is 19.5 Å². The maximum Gasteiger partial charge on any atom is 0.222 e. The predicted molar refractivity (Wildman–Crippen MR) is 82.4 cm³/mol. The number of hydrogen-bond donors (Lipinski definition) is 0. The molecule has 2 aliphatic heterocycles. The molecule has 1 amide bonds. The first-order valence-electron chi connectivity index (χ1n) is 8.07. The molecule has 0 atom stereocenters. The van der Waals surface area contributed by atoms with Crippen LogP contribution in [0.4, 0.5) is 0 Å². The third-order valence-electron chi connectivity index (χ3n) is 4.05. The number of benzene rings is 1. The van der Waals surface area contributed by atoms with Crippen molar-refractivity contribution < 1.29 is 19.0 Å². The molecule has 0 aliphatic carbocycles. The van der Waals surface area contributed by atoms with Crippen LogP contribution in [-0.2, 0) is 16.0 Å². The number of morpholine rings is 1. The first-order chi connectivity index (χ1) is 10.8.